The van der Waals surface area contributed by atoms with Crippen molar-refractivity contribution in [2.24, 2.45) is 11.8 Å². The molecule has 3 atom stereocenters. The summed E-state index contributed by atoms with van der Waals surface area (Å²) in [5.74, 6) is -1.81. The minimum atomic E-state index is -0.886. The van der Waals surface area contributed by atoms with Crippen LogP contribution in [-0.4, -0.2) is 46.2 Å². The van der Waals surface area contributed by atoms with Gasteiger partial charge in [0, 0.05) is 13.1 Å². The SMILES string of the molecule is O=C(O)[C@H]1C[C@H]1C(=O)N1CC[C@H](O)C1. The van der Waals surface area contributed by atoms with E-state index in [9.17, 15) is 14.7 Å². The normalized spacial score (nSPS) is 35.8. The van der Waals surface area contributed by atoms with Crippen molar-refractivity contribution >= 4 is 11.9 Å². The number of aliphatic hydroxyl groups excluding tert-OH is 1. The zero-order valence-corrected chi connectivity index (χ0v) is 7.72. The Labute approximate surface area is 81.3 Å². The minimum Gasteiger partial charge on any atom is -0.481 e. The van der Waals surface area contributed by atoms with Crippen molar-refractivity contribution in [1.82, 2.24) is 4.90 Å². The predicted octanol–water partition coefficient (Wildman–Crippen LogP) is -0.700. The monoisotopic (exact) mass is 199 g/mol. The van der Waals surface area contributed by atoms with Crippen molar-refractivity contribution < 1.29 is 19.8 Å². The van der Waals surface area contributed by atoms with Crippen LogP contribution in [0.25, 0.3) is 0 Å². The molecule has 1 amide bonds. The molecule has 78 valence electrons. The second-order valence-corrected chi connectivity index (χ2v) is 4.01. The summed E-state index contributed by atoms with van der Waals surface area (Å²) < 4.78 is 0. The fraction of sp³-hybridized carbons (Fsp3) is 0.778. The minimum absolute atomic E-state index is 0.103. The van der Waals surface area contributed by atoms with Gasteiger partial charge in [-0.3, -0.25) is 9.59 Å². The first-order chi connectivity index (χ1) is 6.59. The maximum absolute atomic E-state index is 11.6. The van der Waals surface area contributed by atoms with Gasteiger partial charge in [-0.2, -0.15) is 0 Å². The summed E-state index contributed by atoms with van der Waals surface area (Å²) in [6.45, 7) is 0.921. The van der Waals surface area contributed by atoms with Crippen molar-refractivity contribution in [2.45, 2.75) is 18.9 Å². The quantitative estimate of drug-likeness (QED) is 0.616. The van der Waals surface area contributed by atoms with Gasteiger partial charge in [0.15, 0.2) is 0 Å². The molecule has 2 N–H and O–H groups in total. The van der Waals surface area contributed by atoms with Gasteiger partial charge >= 0.3 is 5.97 Å². The molecule has 0 aromatic heterocycles. The molecular formula is C9H13NO4. The third kappa shape index (κ3) is 1.59. The molecule has 5 nitrogen and oxygen atoms in total. The highest BCUT2D eigenvalue weighted by atomic mass is 16.4. The second-order valence-electron chi connectivity index (χ2n) is 4.01. The Morgan fingerprint density at radius 1 is 1.29 bits per heavy atom. The number of carboxylic acid groups (broad SMARTS) is 1. The zero-order valence-electron chi connectivity index (χ0n) is 7.72. The molecule has 0 aromatic rings. The van der Waals surface area contributed by atoms with Crippen LogP contribution in [0.4, 0.5) is 0 Å². The Kier molecular flexibility index (Phi) is 2.19. The Morgan fingerprint density at radius 2 is 2.00 bits per heavy atom. The van der Waals surface area contributed by atoms with Gasteiger partial charge < -0.3 is 15.1 Å². The van der Waals surface area contributed by atoms with E-state index in [-0.39, 0.29) is 11.8 Å². The number of aliphatic hydroxyl groups is 1. The molecule has 2 aliphatic rings. The van der Waals surface area contributed by atoms with E-state index in [1.165, 1.54) is 0 Å². The fourth-order valence-electron chi connectivity index (χ4n) is 1.92. The van der Waals surface area contributed by atoms with Gasteiger partial charge in [0.2, 0.25) is 5.91 Å². The standard InChI is InChI=1S/C9H13NO4/c11-5-1-2-10(4-5)8(12)6-3-7(6)9(13)14/h5-7,11H,1-4H2,(H,13,14)/t5-,6+,7-/m0/s1. The van der Waals surface area contributed by atoms with E-state index < -0.39 is 18.0 Å². The van der Waals surface area contributed by atoms with Crippen LogP contribution in [0.1, 0.15) is 12.8 Å². The van der Waals surface area contributed by atoms with Gasteiger partial charge in [0.05, 0.1) is 17.9 Å². The first kappa shape index (κ1) is 9.45. The number of aliphatic carboxylic acids is 1. The number of hydrogen-bond acceptors (Lipinski definition) is 3. The third-order valence-electron chi connectivity index (χ3n) is 2.90. The molecular weight excluding hydrogens is 186 g/mol. The van der Waals surface area contributed by atoms with E-state index in [0.29, 0.717) is 25.9 Å². The third-order valence-corrected chi connectivity index (χ3v) is 2.90. The highest BCUT2D eigenvalue weighted by Gasteiger charge is 2.50. The summed E-state index contributed by atoms with van der Waals surface area (Å²) in [6, 6.07) is 0. The summed E-state index contributed by atoms with van der Waals surface area (Å²) in [6.07, 6.45) is 0.637. The number of carbonyl (C=O) groups excluding carboxylic acids is 1. The summed E-state index contributed by atoms with van der Waals surface area (Å²) in [7, 11) is 0. The molecule has 1 aliphatic heterocycles. The lowest BCUT2D eigenvalue weighted by atomic mass is 10.3. The molecule has 1 saturated carbocycles. The number of hydrogen-bond donors (Lipinski definition) is 2. The predicted molar refractivity (Wildman–Crippen MR) is 46.4 cm³/mol. The molecule has 1 saturated heterocycles. The first-order valence-corrected chi connectivity index (χ1v) is 4.79. The Morgan fingerprint density at radius 3 is 2.43 bits per heavy atom. The van der Waals surface area contributed by atoms with E-state index in [2.05, 4.69) is 0 Å². The van der Waals surface area contributed by atoms with Crippen molar-refractivity contribution in [1.29, 1.82) is 0 Å². The van der Waals surface area contributed by atoms with Crippen LogP contribution in [0.5, 0.6) is 0 Å². The summed E-state index contributed by atoms with van der Waals surface area (Å²) >= 11 is 0. The lowest BCUT2D eigenvalue weighted by Crippen LogP contribution is -2.31. The first-order valence-electron chi connectivity index (χ1n) is 4.79. The van der Waals surface area contributed by atoms with Gasteiger partial charge in [-0.1, -0.05) is 0 Å². The molecule has 2 fully saturated rings. The number of rotatable bonds is 2. The Balaban J connectivity index is 1.88. The molecule has 0 aromatic carbocycles. The van der Waals surface area contributed by atoms with Gasteiger partial charge in [0.1, 0.15) is 0 Å². The van der Waals surface area contributed by atoms with Crippen molar-refractivity contribution in [3.8, 4) is 0 Å². The van der Waals surface area contributed by atoms with E-state index >= 15 is 0 Å². The van der Waals surface area contributed by atoms with Crippen LogP contribution in [0.3, 0.4) is 0 Å². The van der Waals surface area contributed by atoms with E-state index in [4.69, 9.17) is 5.11 Å². The number of amides is 1. The van der Waals surface area contributed by atoms with Crippen LogP contribution in [0.2, 0.25) is 0 Å². The van der Waals surface area contributed by atoms with E-state index in [1.807, 2.05) is 0 Å². The number of β-amino-alcohol motifs (C(OH)–C–C–N with tert-alkyl or cyclic N) is 1. The summed E-state index contributed by atoms with van der Waals surface area (Å²) in [5, 5.41) is 17.9. The van der Waals surface area contributed by atoms with Gasteiger partial charge in [0.25, 0.3) is 0 Å². The van der Waals surface area contributed by atoms with E-state index in [1.54, 1.807) is 4.90 Å². The van der Waals surface area contributed by atoms with Crippen LogP contribution < -0.4 is 0 Å². The van der Waals surface area contributed by atoms with Crippen LogP contribution in [-0.2, 0) is 9.59 Å². The Hall–Kier alpha value is -1.10. The molecule has 14 heavy (non-hydrogen) atoms. The van der Waals surface area contributed by atoms with Gasteiger partial charge in [-0.15, -0.1) is 0 Å². The van der Waals surface area contributed by atoms with Crippen LogP contribution in [0.15, 0.2) is 0 Å². The second kappa shape index (κ2) is 3.24. The molecule has 0 radical (unpaired) electrons. The molecule has 2 rings (SSSR count). The van der Waals surface area contributed by atoms with Crippen LogP contribution in [0, 0.1) is 11.8 Å². The lowest BCUT2D eigenvalue weighted by molar-refractivity contribution is -0.141. The average molecular weight is 199 g/mol. The molecule has 1 aliphatic carbocycles. The molecule has 0 bridgehead atoms. The molecule has 0 spiro atoms. The Bertz CT molecular complexity index is 278. The molecule has 1 heterocycles. The largest absolute Gasteiger partial charge is 0.481 e. The number of carboxylic acids is 1. The fourth-order valence-corrected chi connectivity index (χ4v) is 1.92. The number of likely N-dealkylation sites (tertiary alicyclic amines) is 1. The highest BCUT2D eigenvalue weighted by molar-refractivity contribution is 5.89. The zero-order chi connectivity index (χ0) is 10.3. The smallest absolute Gasteiger partial charge is 0.307 e. The average Bonchev–Trinajstić information content (AvgIpc) is 2.82. The molecule has 0 unspecified atom stereocenters. The van der Waals surface area contributed by atoms with Crippen molar-refractivity contribution in [3.05, 3.63) is 0 Å². The van der Waals surface area contributed by atoms with Gasteiger partial charge in [-0.25, -0.2) is 0 Å². The van der Waals surface area contributed by atoms with E-state index in [0.717, 1.165) is 0 Å². The van der Waals surface area contributed by atoms with Crippen molar-refractivity contribution in [3.63, 3.8) is 0 Å². The lowest BCUT2D eigenvalue weighted by Gasteiger charge is -2.14. The maximum Gasteiger partial charge on any atom is 0.307 e. The van der Waals surface area contributed by atoms with Crippen molar-refractivity contribution in [2.75, 3.05) is 13.1 Å². The number of nitrogens with zero attached hydrogens (tertiary/aromatic N) is 1. The summed E-state index contributed by atoms with van der Waals surface area (Å²) in [5.41, 5.74) is 0. The van der Waals surface area contributed by atoms with Crippen LogP contribution >= 0.6 is 0 Å². The number of carbonyl (C=O) groups is 2. The maximum atomic E-state index is 11.6. The summed E-state index contributed by atoms with van der Waals surface area (Å²) in [4.78, 5) is 23.7. The highest BCUT2D eigenvalue weighted by Crippen LogP contribution is 2.40. The van der Waals surface area contributed by atoms with Gasteiger partial charge in [-0.05, 0) is 12.8 Å². The molecule has 5 heteroatoms. The topological polar surface area (TPSA) is 77.8 Å².